The third-order valence-electron chi connectivity index (χ3n) is 6.39. The van der Waals surface area contributed by atoms with Crippen molar-refractivity contribution >= 4 is 16.9 Å². The molecule has 1 aromatic carbocycles. The van der Waals surface area contributed by atoms with Gasteiger partial charge in [-0.1, -0.05) is 18.7 Å². The highest BCUT2D eigenvalue weighted by atomic mass is 16.5. The molecule has 7 nitrogen and oxygen atoms in total. The number of ether oxygens (including phenoxy) is 1. The highest BCUT2D eigenvalue weighted by Crippen LogP contribution is 2.40. The van der Waals surface area contributed by atoms with Gasteiger partial charge in [-0.25, -0.2) is 0 Å². The quantitative estimate of drug-likeness (QED) is 0.654. The summed E-state index contributed by atoms with van der Waals surface area (Å²) in [7, 11) is 0. The van der Waals surface area contributed by atoms with Crippen LogP contribution in [0.3, 0.4) is 0 Å². The number of H-pyrrole nitrogens is 1. The molecule has 0 radical (unpaired) electrons. The zero-order valence-corrected chi connectivity index (χ0v) is 16.8. The molecule has 2 aliphatic heterocycles. The van der Waals surface area contributed by atoms with Crippen LogP contribution in [0, 0.1) is 6.92 Å². The van der Waals surface area contributed by atoms with E-state index in [1.165, 1.54) is 6.08 Å². The Bertz CT molecular complexity index is 1120. The summed E-state index contributed by atoms with van der Waals surface area (Å²) >= 11 is 0. The summed E-state index contributed by atoms with van der Waals surface area (Å²) in [5, 5.41) is 19.9. The van der Waals surface area contributed by atoms with Crippen molar-refractivity contribution in [1.82, 2.24) is 20.1 Å². The minimum absolute atomic E-state index is 0.0155. The summed E-state index contributed by atoms with van der Waals surface area (Å²) in [6.45, 7) is 6.86. The fraction of sp³-hybridized carbons (Fsp3) is 0.348. The smallest absolute Gasteiger partial charge is 0.246 e. The first-order valence-corrected chi connectivity index (χ1v) is 10.2. The fourth-order valence-corrected chi connectivity index (χ4v) is 4.98. The molecule has 1 amide bonds. The lowest BCUT2D eigenvalue weighted by Crippen LogP contribution is -2.58. The summed E-state index contributed by atoms with van der Waals surface area (Å²) in [5.74, 6) is 0.463. The Morgan fingerprint density at radius 2 is 2.00 bits per heavy atom. The number of hydrogen-bond donors (Lipinski definition) is 2. The Morgan fingerprint density at radius 1 is 1.27 bits per heavy atom. The van der Waals surface area contributed by atoms with Crippen LogP contribution < -0.4 is 0 Å². The van der Waals surface area contributed by atoms with Crippen molar-refractivity contribution in [1.29, 1.82) is 0 Å². The van der Waals surface area contributed by atoms with E-state index in [0.717, 1.165) is 35.1 Å². The highest BCUT2D eigenvalue weighted by Gasteiger charge is 2.42. The molecule has 2 saturated heterocycles. The Morgan fingerprint density at radius 3 is 2.70 bits per heavy atom. The van der Waals surface area contributed by atoms with Gasteiger partial charge in [0.25, 0.3) is 0 Å². The van der Waals surface area contributed by atoms with Crippen LogP contribution in [0.5, 0.6) is 5.75 Å². The summed E-state index contributed by atoms with van der Waals surface area (Å²) in [6.07, 6.45) is 3.07. The minimum Gasteiger partial charge on any atom is -0.507 e. The molecule has 2 aromatic heterocycles. The van der Waals surface area contributed by atoms with Gasteiger partial charge >= 0.3 is 0 Å². The van der Waals surface area contributed by atoms with E-state index in [-0.39, 0.29) is 23.7 Å². The number of para-hydroxylation sites is 1. The zero-order valence-electron chi connectivity index (χ0n) is 16.8. The predicted octanol–water partition coefficient (Wildman–Crippen LogP) is 3.30. The number of piperidine rings is 1. The number of phenolic OH excluding ortho intramolecular Hbond substituents is 1. The van der Waals surface area contributed by atoms with Crippen LogP contribution in [0.15, 0.2) is 43.0 Å². The normalized spacial score (nSPS) is 23.5. The first-order valence-electron chi connectivity index (χ1n) is 10.2. The molecule has 2 N–H and O–H groups in total. The number of rotatable bonds is 3. The second-order valence-corrected chi connectivity index (χ2v) is 8.14. The van der Waals surface area contributed by atoms with Gasteiger partial charge in [0.2, 0.25) is 5.91 Å². The molecule has 0 saturated carbocycles. The lowest BCUT2D eigenvalue weighted by molar-refractivity contribution is -0.146. The van der Waals surface area contributed by atoms with Crippen molar-refractivity contribution in [2.24, 2.45) is 0 Å². The van der Waals surface area contributed by atoms with Crippen LogP contribution in [-0.2, 0) is 9.53 Å². The molecule has 3 aromatic rings. The minimum atomic E-state index is -0.0155. The van der Waals surface area contributed by atoms with E-state index in [0.29, 0.717) is 30.4 Å². The van der Waals surface area contributed by atoms with Gasteiger partial charge in [-0.3, -0.25) is 4.79 Å². The Labute approximate surface area is 174 Å². The number of fused-ring (bicyclic) bond motifs is 3. The second kappa shape index (κ2) is 7.25. The van der Waals surface area contributed by atoms with Crippen molar-refractivity contribution in [3.05, 3.63) is 54.2 Å². The molecule has 7 heteroatoms. The molecule has 5 rings (SSSR count). The van der Waals surface area contributed by atoms with Crippen molar-refractivity contribution in [3.8, 4) is 17.0 Å². The molecule has 0 aliphatic carbocycles. The molecular formula is C23H24N4O3. The number of nitrogens with one attached hydrogen (secondary N) is 1. The van der Waals surface area contributed by atoms with E-state index in [1.54, 1.807) is 12.1 Å². The first-order chi connectivity index (χ1) is 14.6. The van der Waals surface area contributed by atoms with Gasteiger partial charge in [-0.05, 0) is 49.6 Å². The van der Waals surface area contributed by atoms with E-state index in [2.05, 4.69) is 28.7 Å². The molecule has 2 fully saturated rings. The third kappa shape index (κ3) is 2.97. The van der Waals surface area contributed by atoms with Crippen LogP contribution >= 0.6 is 0 Å². The summed E-state index contributed by atoms with van der Waals surface area (Å²) in [6, 6.07) is 9.23. The molecule has 1 unspecified atom stereocenters. The number of aromatic nitrogens is 3. The van der Waals surface area contributed by atoms with Crippen molar-refractivity contribution in [3.63, 3.8) is 0 Å². The van der Waals surface area contributed by atoms with Crippen molar-refractivity contribution < 1.29 is 14.6 Å². The topological polar surface area (TPSA) is 91.3 Å². The van der Waals surface area contributed by atoms with E-state index in [4.69, 9.17) is 4.74 Å². The van der Waals surface area contributed by atoms with Crippen molar-refractivity contribution in [2.45, 2.75) is 37.8 Å². The van der Waals surface area contributed by atoms with Crippen LogP contribution in [-0.4, -0.2) is 56.4 Å². The summed E-state index contributed by atoms with van der Waals surface area (Å²) < 4.78 is 5.73. The van der Waals surface area contributed by atoms with Gasteiger partial charge in [0.15, 0.2) is 5.65 Å². The maximum absolute atomic E-state index is 12.3. The van der Waals surface area contributed by atoms with E-state index in [1.807, 2.05) is 23.1 Å². The lowest BCUT2D eigenvalue weighted by Gasteiger charge is -2.48. The van der Waals surface area contributed by atoms with E-state index < -0.39 is 0 Å². The molecule has 2 bridgehead atoms. The van der Waals surface area contributed by atoms with Gasteiger partial charge in [-0.2, -0.15) is 0 Å². The molecule has 3 atom stereocenters. The Balaban J connectivity index is 1.50. The number of aryl methyl sites for hydroxylation is 1. The number of phenols is 1. The average Bonchev–Trinajstić information content (AvgIpc) is 3.08. The SMILES string of the molecule is C=CC(=O)N1[C@@H]2COC[C@H]1CC(c1[nH]c3nnc(-c4ccccc4O)cc3c1C)C2. The summed E-state index contributed by atoms with van der Waals surface area (Å²) in [4.78, 5) is 17.8. The molecule has 2 aliphatic rings. The Kier molecular flexibility index (Phi) is 4.55. The predicted molar refractivity (Wildman–Crippen MR) is 113 cm³/mol. The third-order valence-corrected chi connectivity index (χ3v) is 6.39. The van der Waals surface area contributed by atoms with Crippen LogP contribution in [0.4, 0.5) is 0 Å². The first kappa shape index (κ1) is 18.8. The van der Waals surface area contributed by atoms with Gasteiger partial charge in [0, 0.05) is 22.6 Å². The molecule has 0 spiro atoms. The number of amides is 1. The standard InChI is InChI=1S/C23H24N4O3/c1-3-21(29)27-15-8-14(9-16(27)12-30-11-15)22-13(2)18-10-19(25-26-23(18)24-22)17-6-4-5-7-20(17)28/h3-7,10,14-16,28H,1,8-9,11-12H2,2H3,(H,24,26)/t14?,15-,16+. The molecule has 154 valence electrons. The number of carbonyl (C=O) groups excluding carboxylic acids is 1. The van der Waals surface area contributed by atoms with Crippen LogP contribution in [0.1, 0.15) is 30.0 Å². The van der Waals surface area contributed by atoms with Gasteiger partial charge in [0.1, 0.15) is 5.75 Å². The number of aromatic hydroxyl groups is 1. The molecule has 30 heavy (non-hydrogen) atoms. The van der Waals surface area contributed by atoms with Crippen molar-refractivity contribution in [2.75, 3.05) is 13.2 Å². The number of aromatic amines is 1. The lowest BCUT2D eigenvalue weighted by atomic mass is 9.82. The molecular weight excluding hydrogens is 380 g/mol. The van der Waals surface area contributed by atoms with Gasteiger partial charge in [-0.15, -0.1) is 10.2 Å². The Hall–Kier alpha value is -3.19. The van der Waals surface area contributed by atoms with E-state index >= 15 is 0 Å². The number of hydrogen-bond acceptors (Lipinski definition) is 5. The maximum Gasteiger partial charge on any atom is 0.246 e. The second-order valence-electron chi connectivity index (χ2n) is 8.14. The molecule has 4 heterocycles. The highest BCUT2D eigenvalue weighted by molar-refractivity contribution is 5.88. The number of morpholine rings is 1. The summed E-state index contributed by atoms with van der Waals surface area (Å²) in [5.41, 5.74) is 4.34. The largest absolute Gasteiger partial charge is 0.507 e. The van der Waals surface area contributed by atoms with Gasteiger partial charge in [0.05, 0.1) is 31.0 Å². The monoisotopic (exact) mass is 404 g/mol. The number of carbonyl (C=O) groups is 1. The van der Waals surface area contributed by atoms with Crippen LogP contribution in [0.2, 0.25) is 0 Å². The number of benzene rings is 1. The van der Waals surface area contributed by atoms with E-state index in [9.17, 15) is 9.90 Å². The van der Waals surface area contributed by atoms with Gasteiger partial charge < -0.3 is 19.7 Å². The fourth-order valence-electron chi connectivity index (χ4n) is 4.98. The van der Waals surface area contributed by atoms with Crippen LogP contribution in [0.25, 0.3) is 22.3 Å². The number of nitrogens with zero attached hydrogens (tertiary/aromatic N) is 3. The maximum atomic E-state index is 12.3. The average molecular weight is 404 g/mol. The zero-order chi connectivity index (χ0) is 20.8.